The Morgan fingerprint density at radius 3 is 2.56 bits per heavy atom. The Labute approximate surface area is 189 Å². The molecule has 7 heteroatoms. The lowest BCUT2D eigenvalue weighted by molar-refractivity contribution is -0.140. The average Bonchev–Trinajstić information content (AvgIpc) is 3.09. The summed E-state index contributed by atoms with van der Waals surface area (Å²) in [6, 6.07) is 7.74. The van der Waals surface area contributed by atoms with Gasteiger partial charge in [0, 0.05) is 35.7 Å². The normalized spacial score (nSPS) is 18.7. The lowest BCUT2D eigenvalue weighted by atomic mass is 9.91. The summed E-state index contributed by atoms with van der Waals surface area (Å²) >= 11 is 0. The molecule has 7 nitrogen and oxygen atoms in total. The van der Waals surface area contributed by atoms with E-state index >= 15 is 0 Å². The van der Waals surface area contributed by atoms with Crippen LogP contribution < -0.4 is 9.64 Å². The van der Waals surface area contributed by atoms with Crippen molar-refractivity contribution >= 4 is 17.6 Å². The van der Waals surface area contributed by atoms with Gasteiger partial charge in [-0.25, -0.2) is 9.97 Å². The Kier molecular flexibility index (Phi) is 5.93. The molecule has 0 spiro atoms. The first kappa shape index (κ1) is 22.2. The van der Waals surface area contributed by atoms with E-state index in [9.17, 15) is 9.59 Å². The van der Waals surface area contributed by atoms with E-state index < -0.39 is 5.41 Å². The summed E-state index contributed by atoms with van der Waals surface area (Å²) in [7, 11) is 1.64. The van der Waals surface area contributed by atoms with Crippen LogP contribution in [0.4, 0.5) is 5.82 Å². The van der Waals surface area contributed by atoms with E-state index in [2.05, 4.69) is 0 Å². The molecule has 2 amide bonds. The molecule has 0 radical (unpaired) electrons. The zero-order chi connectivity index (χ0) is 23.0. The van der Waals surface area contributed by atoms with Crippen LogP contribution in [0.25, 0.3) is 0 Å². The van der Waals surface area contributed by atoms with E-state index in [1.165, 1.54) is 0 Å². The van der Waals surface area contributed by atoms with Gasteiger partial charge in [-0.05, 0) is 37.5 Å². The number of hydrogen-bond donors (Lipinski definition) is 0. The van der Waals surface area contributed by atoms with Gasteiger partial charge >= 0.3 is 0 Å². The Hall–Kier alpha value is -2.96. The van der Waals surface area contributed by atoms with Crippen LogP contribution in [0.5, 0.6) is 5.75 Å². The first-order valence-electron chi connectivity index (χ1n) is 11.3. The molecular weight excluding hydrogens is 404 g/mol. The van der Waals surface area contributed by atoms with Crippen LogP contribution in [0.1, 0.15) is 62.2 Å². The lowest BCUT2D eigenvalue weighted by Crippen LogP contribution is -2.45. The van der Waals surface area contributed by atoms with Crippen LogP contribution in [0.3, 0.4) is 0 Å². The van der Waals surface area contributed by atoms with E-state index in [1.807, 2.05) is 56.9 Å². The Balaban J connectivity index is 1.59. The third-order valence-electron chi connectivity index (χ3n) is 6.31. The number of aromatic nitrogens is 2. The number of carbonyl (C=O) groups excluding carboxylic acids is 2. The van der Waals surface area contributed by atoms with Crippen molar-refractivity contribution in [3.05, 3.63) is 46.9 Å². The molecule has 2 aromatic rings. The molecule has 32 heavy (non-hydrogen) atoms. The highest BCUT2D eigenvalue weighted by Gasteiger charge is 2.35. The fourth-order valence-corrected chi connectivity index (χ4v) is 4.50. The lowest BCUT2D eigenvalue weighted by Gasteiger charge is -2.36. The summed E-state index contributed by atoms with van der Waals surface area (Å²) < 4.78 is 5.23. The number of ether oxygens (including phenoxy) is 1. The maximum absolute atomic E-state index is 12.8. The van der Waals surface area contributed by atoms with Crippen molar-refractivity contribution in [2.24, 2.45) is 5.41 Å². The summed E-state index contributed by atoms with van der Waals surface area (Å²) in [6.07, 6.45) is 2.20. The number of hydrogen-bond acceptors (Lipinski definition) is 5. The predicted octanol–water partition coefficient (Wildman–Crippen LogP) is 3.64. The van der Waals surface area contributed by atoms with Gasteiger partial charge in [0.15, 0.2) is 0 Å². The Bertz CT molecular complexity index is 1030. The second-order valence-corrected chi connectivity index (χ2v) is 9.81. The van der Waals surface area contributed by atoms with Crippen molar-refractivity contribution in [1.82, 2.24) is 14.9 Å². The highest BCUT2D eigenvalue weighted by molar-refractivity contribution is 6.00. The monoisotopic (exact) mass is 436 g/mol. The van der Waals surface area contributed by atoms with Gasteiger partial charge in [0.25, 0.3) is 0 Å². The smallest absolute Gasteiger partial charge is 0.233 e. The Morgan fingerprint density at radius 1 is 1.19 bits per heavy atom. The summed E-state index contributed by atoms with van der Waals surface area (Å²) in [5.41, 5.74) is 2.38. The van der Waals surface area contributed by atoms with E-state index in [1.54, 1.807) is 12.0 Å². The highest BCUT2D eigenvalue weighted by atomic mass is 16.5. The number of amides is 2. The zero-order valence-electron chi connectivity index (χ0n) is 19.6. The number of nitrogens with zero attached hydrogens (tertiary/aromatic N) is 4. The molecule has 3 heterocycles. The molecule has 0 aliphatic carbocycles. The van der Waals surface area contributed by atoms with Gasteiger partial charge < -0.3 is 9.64 Å². The molecule has 1 aromatic carbocycles. The predicted molar refractivity (Wildman–Crippen MR) is 123 cm³/mol. The minimum absolute atomic E-state index is 0.0403. The number of aryl methyl sites for hydroxylation is 1. The SMILES string of the molecule is COc1ccc(CN2C(=O)Cc3c(C)nc(C4CCCN(C(=O)C(C)(C)C)C4)nc32)cc1. The van der Waals surface area contributed by atoms with Crippen LogP contribution in [-0.2, 0) is 22.6 Å². The fraction of sp³-hybridized carbons (Fsp3) is 0.520. The Morgan fingerprint density at radius 2 is 1.91 bits per heavy atom. The van der Waals surface area contributed by atoms with E-state index in [-0.39, 0.29) is 17.7 Å². The molecule has 1 atom stereocenters. The number of piperidine rings is 1. The largest absolute Gasteiger partial charge is 0.497 e. The number of carbonyl (C=O) groups is 2. The van der Waals surface area contributed by atoms with E-state index in [0.29, 0.717) is 25.3 Å². The molecule has 2 aliphatic heterocycles. The van der Waals surface area contributed by atoms with Gasteiger partial charge in [-0.2, -0.15) is 0 Å². The summed E-state index contributed by atoms with van der Waals surface area (Å²) in [5.74, 6) is 2.52. The van der Waals surface area contributed by atoms with Crippen molar-refractivity contribution in [3.8, 4) is 5.75 Å². The number of benzene rings is 1. The second kappa shape index (κ2) is 8.52. The number of fused-ring (bicyclic) bond motifs is 1. The molecule has 1 aromatic heterocycles. The summed E-state index contributed by atoms with van der Waals surface area (Å²) in [4.78, 5) is 39.0. The average molecular weight is 437 g/mol. The van der Waals surface area contributed by atoms with Gasteiger partial charge in [0.05, 0.1) is 20.1 Å². The van der Waals surface area contributed by atoms with Crippen LogP contribution in [0, 0.1) is 12.3 Å². The van der Waals surface area contributed by atoms with Crippen LogP contribution in [-0.4, -0.2) is 46.9 Å². The van der Waals surface area contributed by atoms with Crippen molar-refractivity contribution in [3.63, 3.8) is 0 Å². The quantitative estimate of drug-likeness (QED) is 0.732. The van der Waals surface area contributed by atoms with Gasteiger partial charge in [-0.1, -0.05) is 32.9 Å². The van der Waals surface area contributed by atoms with Gasteiger partial charge in [0.2, 0.25) is 11.8 Å². The first-order valence-corrected chi connectivity index (χ1v) is 11.3. The second-order valence-electron chi connectivity index (χ2n) is 9.81. The molecule has 0 bridgehead atoms. The van der Waals surface area contributed by atoms with Crippen molar-refractivity contribution in [2.75, 3.05) is 25.1 Å². The number of methoxy groups -OCH3 is 1. The molecule has 0 N–H and O–H groups in total. The third-order valence-corrected chi connectivity index (χ3v) is 6.31. The molecule has 170 valence electrons. The molecule has 0 saturated carbocycles. The molecule has 2 aliphatic rings. The molecule has 1 unspecified atom stereocenters. The van der Waals surface area contributed by atoms with Gasteiger partial charge in [-0.15, -0.1) is 0 Å². The third kappa shape index (κ3) is 4.33. The number of anilines is 1. The topological polar surface area (TPSA) is 75.6 Å². The van der Waals surface area contributed by atoms with Crippen molar-refractivity contribution in [1.29, 1.82) is 0 Å². The molecule has 1 saturated heterocycles. The van der Waals surface area contributed by atoms with Crippen LogP contribution >= 0.6 is 0 Å². The van der Waals surface area contributed by atoms with Crippen LogP contribution in [0.2, 0.25) is 0 Å². The minimum Gasteiger partial charge on any atom is -0.497 e. The standard InChI is InChI=1S/C25H32N4O3/c1-16-20-13-21(30)29(14-17-8-10-19(32-5)11-9-17)23(20)27-22(26-16)18-7-6-12-28(15-18)24(31)25(2,3)4/h8-11,18H,6-7,12-15H2,1-5H3. The maximum atomic E-state index is 12.8. The van der Waals surface area contributed by atoms with Crippen molar-refractivity contribution in [2.45, 2.75) is 59.4 Å². The van der Waals surface area contributed by atoms with Gasteiger partial charge in [-0.3, -0.25) is 14.5 Å². The zero-order valence-corrected chi connectivity index (χ0v) is 19.6. The maximum Gasteiger partial charge on any atom is 0.233 e. The van der Waals surface area contributed by atoms with E-state index in [0.717, 1.165) is 47.8 Å². The summed E-state index contributed by atoms with van der Waals surface area (Å²) in [5, 5.41) is 0. The molecular formula is C25H32N4O3. The fourth-order valence-electron chi connectivity index (χ4n) is 4.50. The molecule has 1 fully saturated rings. The van der Waals surface area contributed by atoms with Crippen LogP contribution in [0.15, 0.2) is 24.3 Å². The molecule has 4 rings (SSSR count). The first-order chi connectivity index (χ1) is 15.2. The minimum atomic E-state index is -0.405. The summed E-state index contributed by atoms with van der Waals surface area (Å²) in [6.45, 7) is 9.69. The highest BCUT2D eigenvalue weighted by Crippen LogP contribution is 2.34. The van der Waals surface area contributed by atoms with Crippen molar-refractivity contribution < 1.29 is 14.3 Å². The van der Waals surface area contributed by atoms with E-state index in [4.69, 9.17) is 14.7 Å². The number of rotatable bonds is 4. The number of likely N-dealkylation sites (tertiary alicyclic amines) is 1. The van der Waals surface area contributed by atoms with Gasteiger partial charge in [0.1, 0.15) is 17.4 Å².